The lowest BCUT2D eigenvalue weighted by Gasteiger charge is -2.47. The first-order valence-corrected chi connectivity index (χ1v) is 9.25. The second-order valence-electron chi connectivity index (χ2n) is 7.13. The van der Waals surface area contributed by atoms with Crippen LogP contribution in [0, 0.1) is 6.92 Å². The van der Waals surface area contributed by atoms with Gasteiger partial charge in [-0.25, -0.2) is 4.98 Å². The van der Waals surface area contributed by atoms with E-state index in [-0.39, 0.29) is 11.7 Å². The smallest absolute Gasteiger partial charge is 0.222 e. The molecular weight excluding hydrogens is 304 g/mol. The molecule has 2 fully saturated rings. The van der Waals surface area contributed by atoms with Crippen molar-refractivity contribution < 1.29 is 9.84 Å². The molecule has 0 aliphatic carbocycles. The lowest BCUT2D eigenvalue weighted by molar-refractivity contribution is -0.164. The van der Waals surface area contributed by atoms with Gasteiger partial charge in [0.25, 0.3) is 0 Å². The fraction of sp³-hybridized carbons (Fsp3) is 0.778. The molecule has 134 valence electrons. The minimum atomic E-state index is -0.355. The highest BCUT2D eigenvalue weighted by atomic mass is 16.5. The number of piperidine rings is 1. The molecule has 2 saturated heterocycles. The molecular formula is C18H30N4O2. The van der Waals surface area contributed by atoms with Crippen LogP contribution in [0.15, 0.2) is 0 Å². The first-order chi connectivity index (χ1) is 11.6. The van der Waals surface area contributed by atoms with Crippen LogP contribution in [-0.2, 0) is 11.2 Å². The zero-order valence-corrected chi connectivity index (χ0v) is 14.9. The Bertz CT molecular complexity index is 570. The standard InChI is InChI=1S/C18H30N4O2/c1-3-4-6-14-13(2)20-17(19)21-16(14)22-10-8-18(9-11-22)15(23)7-5-12-24-18/h15,23H,3-12H2,1-2H3,(H2,19,20,21)/t15-/m0/s1. The Labute approximate surface area is 144 Å². The second-order valence-corrected chi connectivity index (χ2v) is 7.13. The Balaban J connectivity index is 1.78. The third-order valence-corrected chi connectivity index (χ3v) is 5.52. The van der Waals surface area contributed by atoms with Crippen LogP contribution >= 0.6 is 0 Å². The van der Waals surface area contributed by atoms with Gasteiger partial charge in [0.2, 0.25) is 5.95 Å². The summed E-state index contributed by atoms with van der Waals surface area (Å²) < 4.78 is 6.01. The fourth-order valence-corrected chi connectivity index (χ4v) is 4.00. The molecule has 1 spiro atoms. The molecule has 2 aliphatic heterocycles. The largest absolute Gasteiger partial charge is 0.390 e. The minimum absolute atomic E-state index is 0.342. The number of hydrogen-bond donors (Lipinski definition) is 2. The van der Waals surface area contributed by atoms with E-state index in [9.17, 15) is 5.11 Å². The number of aliphatic hydroxyl groups is 1. The SMILES string of the molecule is CCCCc1c(C)nc(N)nc1N1CCC2(CC1)OCCC[C@@H]2O. The second kappa shape index (κ2) is 7.23. The van der Waals surface area contributed by atoms with Gasteiger partial charge in [0, 0.05) is 31.0 Å². The summed E-state index contributed by atoms with van der Waals surface area (Å²) in [5, 5.41) is 10.4. The number of hydrogen-bond acceptors (Lipinski definition) is 6. The van der Waals surface area contributed by atoms with Gasteiger partial charge in [-0.3, -0.25) is 0 Å². The first-order valence-electron chi connectivity index (χ1n) is 9.25. The van der Waals surface area contributed by atoms with Gasteiger partial charge < -0.3 is 20.5 Å². The molecule has 0 bridgehead atoms. The van der Waals surface area contributed by atoms with Gasteiger partial charge in [-0.2, -0.15) is 4.98 Å². The predicted molar refractivity (Wildman–Crippen MR) is 95.2 cm³/mol. The van der Waals surface area contributed by atoms with E-state index in [0.29, 0.717) is 5.95 Å². The van der Waals surface area contributed by atoms with Crippen LogP contribution in [0.5, 0.6) is 0 Å². The lowest BCUT2D eigenvalue weighted by atomic mass is 9.82. The molecule has 6 heteroatoms. The van der Waals surface area contributed by atoms with E-state index < -0.39 is 0 Å². The molecule has 3 N–H and O–H groups in total. The maximum atomic E-state index is 10.4. The van der Waals surface area contributed by atoms with Crippen molar-refractivity contribution >= 4 is 11.8 Å². The molecule has 3 heterocycles. The molecule has 0 radical (unpaired) electrons. The maximum Gasteiger partial charge on any atom is 0.222 e. The summed E-state index contributed by atoms with van der Waals surface area (Å²) in [5.41, 5.74) is 7.75. The summed E-state index contributed by atoms with van der Waals surface area (Å²) in [4.78, 5) is 11.2. The van der Waals surface area contributed by atoms with Crippen LogP contribution in [0.2, 0.25) is 0 Å². The molecule has 0 saturated carbocycles. The topological polar surface area (TPSA) is 84.5 Å². The summed E-state index contributed by atoms with van der Waals surface area (Å²) in [6.45, 7) is 6.65. The number of rotatable bonds is 4. The molecule has 0 unspecified atom stereocenters. The third kappa shape index (κ3) is 3.35. The van der Waals surface area contributed by atoms with Crippen LogP contribution < -0.4 is 10.6 Å². The molecule has 1 atom stereocenters. The molecule has 2 aliphatic rings. The Morgan fingerprint density at radius 2 is 2.08 bits per heavy atom. The Morgan fingerprint density at radius 1 is 1.33 bits per heavy atom. The van der Waals surface area contributed by atoms with Crippen LogP contribution in [-0.4, -0.2) is 46.5 Å². The van der Waals surface area contributed by atoms with E-state index in [1.807, 2.05) is 6.92 Å². The van der Waals surface area contributed by atoms with E-state index in [2.05, 4.69) is 21.8 Å². The number of aliphatic hydroxyl groups excluding tert-OH is 1. The van der Waals surface area contributed by atoms with E-state index in [1.165, 1.54) is 5.56 Å². The highest BCUT2D eigenvalue weighted by Crippen LogP contribution is 2.37. The van der Waals surface area contributed by atoms with Gasteiger partial charge >= 0.3 is 0 Å². The van der Waals surface area contributed by atoms with Gasteiger partial charge in [-0.05, 0) is 45.4 Å². The molecule has 6 nitrogen and oxygen atoms in total. The summed E-state index contributed by atoms with van der Waals surface area (Å²) in [5.74, 6) is 1.32. The monoisotopic (exact) mass is 334 g/mol. The first kappa shape index (κ1) is 17.4. The van der Waals surface area contributed by atoms with Crippen LogP contribution in [0.25, 0.3) is 0 Å². The van der Waals surface area contributed by atoms with E-state index >= 15 is 0 Å². The van der Waals surface area contributed by atoms with E-state index in [4.69, 9.17) is 10.5 Å². The molecule has 0 aromatic carbocycles. The number of aryl methyl sites for hydroxylation is 1. The molecule has 24 heavy (non-hydrogen) atoms. The molecule has 1 aromatic rings. The van der Waals surface area contributed by atoms with Crippen LogP contribution in [0.1, 0.15) is 56.7 Å². The van der Waals surface area contributed by atoms with E-state index in [0.717, 1.165) is 76.2 Å². The molecule has 3 rings (SSSR count). The number of ether oxygens (including phenoxy) is 1. The Kier molecular flexibility index (Phi) is 5.25. The number of aromatic nitrogens is 2. The minimum Gasteiger partial charge on any atom is -0.390 e. The molecule has 1 aromatic heterocycles. The van der Waals surface area contributed by atoms with E-state index in [1.54, 1.807) is 0 Å². The number of nitrogens with zero attached hydrogens (tertiary/aromatic N) is 3. The lowest BCUT2D eigenvalue weighted by Crippen LogP contribution is -2.55. The summed E-state index contributed by atoms with van der Waals surface area (Å²) in [6, 6.07) is 0. The van der Waals surface area contributed by atoms with Gasteiger partial charge in [-0.1, -0.05) is 13.3 Å². The molecule has 0 amide bonds. The highest BCUT2D eigenvalue weighted by molar-refractivity contribution is 5.52. The average molecular weight is 334 g/mol. The van der Waals surface area contributed by atoms with Gasteiger partial charge in [0.15, 0.2) is 0 Å². The number of nitrogens with two attached hydrogens (primary N) is 1. The van der Waals surface area contributed by atoms with Gasteiger partial charge in [0.05, 0.1) is 11.7 Å². The maximum absolute atomic E-state index is 10.4. The Hall–Kier alpha value is -1.40. The zero-order valence-electron chi connectivity index (χ0n) is 14.9. The zero-order chi connectivity index (χ0) is 17.2. The van der Waals surface area contributed by atoms with Crippen molar-refractivity contribution in [3.8, 4) is 0 Å². The fourth-order valence-electron chi connectivity index (χ4n) is 4.00. The summed E-state index contributed by atoms with van der Waals surface area (Å²) >= 11 is 0. The van der Waals surface area contributed by atoms with Crippen molar-refractivity contribution in [2.45, 2.75) is 70.5 Å². The number of anilines is 2. The quantitative estimate of drug-likeness (QED) is 0.878. The van der Waals surface area contributed by atoms with Crippen LogP contribution in [0.3, 0.4) is 0 Å². The van der Waals surface area contributed by atoms with Crippen molar-refractivity contribution in [3.63, 3.8) is 0 Å². The van der Waals surface area contributed by atoms with Crippen LogP contribution in [0.4, 0.5) is 11.8 Å². The van der Waals surface area contributed by atoms with Crippen molar-refractivity contribution in [2.75, 3.05) is 30.3 Å². The van der Waals surface area contributed by atoms with Crippen molar-refractivity contribution in [1.82, 2.24) is 9.97 Å². The third-order valence-electron chi connectivity index (χ3n) is 5.52. The van der Waals surface area contributed by atoms with Crippen molar-refractivity contribution in [3.05, 3.63) is 11.3 Å². The van der Waals surface area contributed by atoms with Gasteiger partial charge in [-0.15, -0.1) is 0 Å². The summed E-state index contributed by atoms with van der Waals surface area (Å²) in [7, 11) is 0. The number of nitrogen functional groups attached to an aromatic ring is 1. The number of unbranched alkanes of at least 4 members (excludes halogenated alkanes) is 1. The summed E-state index contributed by atoms with van der Waals surface area (Å²) in [6.07, 6.45) is 6.39. The normalized spacial score (nSPS) is 23.6. The predicted octanol–water partition coefficient (Wildman–Crippen LogP) is 2.22. The Morgan fingerprint density at radius 3 is 2.75 bits per heavy atom. The van der Waals surface area contributed by atoms with Crippen molar-refractivity contribution in [2.24, 2.45) is 0 Å². The van der Waals surface area contributed by atoms with Gasteiger partial charge in [0.1, 0.15) is 5.82 Å². The highest BCUT2D eigenvalue weighted by Gasteiger charge is 2.44. The average Bonchev–Trinajstić information content (AvgIpc) is 2.57. The van der Waals surface area contributed by atoms with Crippen molar-refractivity contribution in [1.29, 1.82) is 0 Å².